The molecule has 0 aliphatic rings. The highest BCUT2D eigenvalue weighted by molar-refractivity contribution is 6.41. The molecule has 3 rings (SSSR count). The molecule has 0 fully saturated rings. The van der Waals surface area contributed by atoms with E-state index in [1.54, 1.807) is 0 Å². The van der Waals surface area contributed by atoms with Crippen molar-refractivity contribution in [3.8, 4) is 0 Å². The SMILES string of the molecule is [B]c1cc(C=C)c2cc3c([B])c(/C=C\C)ccc3cc2c1. The normalized spacial score (nSPS) is 11.5. The average Bonchev–Trinajstić information content (AvgIpc) is 2.48. The molecule has 0 aliphatic heterocycles. The largest absolute Gasteiger partial charge is 0.115 e. The van der Waals surface area contributed by atoms with Crippen molar-refractivity contribution in [2.24, 2.45) is 0 Å². The molecule has 0 saturated carbocycles. The minimum Gasteiger partial charge on any atom is -0.0984 e. The van der Waals surface area contributed by atoms with Crippen LogP contribution in [0.2, 0.25) is 0 Å². The first-order valence-corrected chi connectivity index (χ1v) is 6.94. The van der Waals surface area contributed by atoms with Crippen LogP contribution in [0.1, 0.15) is 18.1 Å². The second-order valence-corrected chi connectivity index (χ2v) is 5.18. The molecule has 4 radical (unpaired) electrons. The average molecular weight is 264 g/mol. The van der Waals surface area contributed by atoms with Crippen LogP contribution in [0, 0.1) is 0 Å². The minimum absolute atomic E-state index is 0.746. The third-order valence-corrected chi connectivity index (χ3v) is 3.79. The maximum atomic E-state index is 6.32. The summed E-state index contributed by atoms with van der Waals surface area (Å²) in [7, 11) is 12.3. The highest BCUT2D eigenvalue weighted by Gasteiger charge is 2.06. The van der Waals surface area contributed by atoms with Gasteiger partial charge in [-0.2, -0.15) is 0 Å². The predicted octanol–water partition coefficient (Wildman–Crippen LogP) is 3.26. The van der Waals surface area contributed by atoms with E-state index < -0.39 is 0 Å². The number of hydrogen-bond donors (Lipinski definition) is 0. The van der Waals surface area contributed by atoms with Crippen LogP contribution in [-0.4, -0.2) is 15.7 Å². The second kappa shape index (κ2) is 5.29. The Bertz CT molecular complexity index is 889. The first-order valence-electron chi connectivity index (χ1n) is 6.94. The molecule has 0 aromatic heterocycles. The predicted molar refractivity (Wildman–Crippen MR) is 97.0 cm³/mol. The molecule has 0 spiro atoms. The Labute approximate surface area is 128 Å². The van der Waals surface area contributed by atoms with E-state index in [0.717, 1.165) is 43.6 Å². The topological polar surface area (TPSA) is 0 Å². The molecule has 0 saturated heterocycles. The smallest absolute Gasteiger partial charge is 0.0984 e. The molecule has 0 heterocycles. The van der Waals surface area contributed by atoms with Crippen molar-refractivity contribution < 1.29 is 0 Å². The Hall–Kier alpha value is -2.21. The summed E-state index contributed by atoms with van der Waals surface area (Å²) in [6.07, 6.45) is 5.85. The van der Waals surface area contributed by atoms with E-state index in [1.165, 1.54) is 0 Å². The third-order valence-electron chi connectivity index (χ3n) is 3.79. The van der Waals surface area contributed by atoms with Crippen molar-refractivity contribution in [2.75, 3.05) is 0 Å². The van der Waals surface area contributed by atoms with E-state index in [0.29, 0.717) is 0 Å². The van der Waals surface area contributed by atoms with E-state index >= 15 is 0 Å². The molecule has 0 bridgehead atoms. The Morgan fingerprint density at radius 3 is 2.43 bits per heavy atom. The maximum absolute atomic E-state index is 6.32. The number of benzene rings is 3. The van der Waals surface area contributed by atoms with E-state index in [9.17, 15) is 0 Å². The van der Waals surface area contributed by atoms with Gasteiger partial charge in [-0.05, 0) is 51.7 Å². The highest BCUT2D eigenvalue weighted by Crippen LogP contribution is 2.25. The van der Waals surface area contributed by atoms with Crippen LogP contribution >= 0.6 is 0 Å². The Kier molecular flexibility index (Phi) is 3.47. The summed E-state index contributed by atoms with van der Waals surface area (Å²) in [5, 5.41) is 4.41. The summed E-state index contributed by atoms with van der Waals surface area (Å²) in [6, 6.07) is 12.3. The van der Waals surface area contributed by atoms with Gasteiger partial charge in [-0.25, -0.2) is 0 Å². The van der Waals surface area contributed by atoms with Crippen LogP contribution < -0.4 is 10.9 Å². The first kappa shape index (κ1) is 13.8. The van der Waals surface area contributed by atoms with E-state index in [2.05, 4.69) is 24.8 Å². The lowest BCUT2D eigenvalue weighted by atomic mass is 9.83. The monoisotopic (exact) mass is 264 g/mol. The maximum Gasteiger partial charge on any atom is 0.115 e. The fourth-order valence-corrected chi connectivity index (χ4v) is 2.77. The highest BCUT2D eigenvalue weighted by atomic mass is 14.1. The van der Waals surface area contributed by atoms with Crippen LogP contribution in [0.4, 0.5) is 0 Å². The fraction of sp³-hybridized carbons (Fsp3) is 0.0526. The van der Waals surface area contributed by atoms with Crippen molar-refractivity contribution >= 4 is 60.3 Å². The molecule has 3 aromatic carbocycles. The van der Waals surface area contributed by atoms with Gasteiger partial charge in [0.05, 0.1) is 0 Å². The zero-order chi connectivity index (χ0) is 15.0. The number of rotatable bonds is 2. The summed E-state index contributed by atoms with van der Waals surface area (Å²) in [4.78, 5) is 0. The molecule has 2 heteroatoms. The van der Waals surface area contributed by atoms with E-state index in [4.69, 9.17) is 15.7 Å². The molecule has 0 unspecified atom stereocenters. The van der Waals surface area contributed by atoms with E-state index in [1.807, 2.05) is 43.4 Å². The van der Waals surface area contributed by atoms with Gasteiger partial charge in [0.25, 0.3) is 0 Å². The van der Waals surface area contributed by atoms with Gasteiger partial charge in [-0.1, -0.05) is 60.0 Å². The van der Waals surface area contributed by atoms with Crippen molar-refractivity contribution in [3.63, 3.8) is 0 Å². The number of allylic oxidation sites excluding steroid dienone is 1. The molecule has 0 atom stereocenters. The molecule has 0 nitrogen and oxygen atoms in total. The summed E-state index contributed by atoms with van der Waals surface area (Å²) >= 11 is 0. The number of hydrogen-bond acceptors (Lipinski definition) is 0. The van der Waals surface area contributed by atoms with Crippen molar-refractivity contribution in [2.45, 2.75) is 6.92 Å². The summed E-state index contributed by atoms with van der Waals surface area (Å²) in [5.74, 6) is 0. The van der Waals surface area contributed by atoms with Crippen LogP contribution in [0.15, 0.2) is 49.1 Å². The van der Waals surface area contributed by atoms with Gasteiger partial charge in [0, 0.05) is 0 Å². The molecular weight excluding hydrogens is 250 g/mol. The van der Waals surface area contributed by atoms with Gasteiger partial charge in [-0.3, -0.25) is 0 Å². The summed E-state index contributed by atoms with van der Waals surface area (Å²) in [5.41, 5.74) is 3.62. The van der Waals surface area contributed by atoms with Gasteiger partial charge in [-0.15, -0.1) is 0 Å². The Balaban J connectivity index is 2.44. The van der Waals surface area contributed by atoms with E-state index in [-0.39, 0.29) is 0 Å². The minimum atomic E-state index is 0.746. The second-order valence-electron chi connectivity index (χ2n) is 5.18. The van der Waals surface area contributed by atoms with Gasteiger partial charge in [0.1, 0.15) is 15.7 Å². The summed E-state index contributed by atoms with van der Waals surface area (Å²) in [6.45, 7) is 5.86. The van der Waals surface area contributed by atoms with Crippen molar-refractivity contribution in [1.29, 1.82) is 0 Å². The van der Waals surface area contributed by atoms with Crippen LogP contribution in [0.25, 0.3) is 33.7 Å². The molecule has 0 amide bonds. The van der Waals surface area contributed by atoms with Gasteiger partial charge < -0.3 is 0 Å². The molecule has 0 N–H and O–H groups in total. The first-order chi connectivity index (χ1) is 10.1. The van der Waals surface area contributed by atoms with Crippen LogP contribution in [-0.2, 0) is 0 Å². The van der Waals surface area contributed by atoms with Crippen LogP contribution in [0.5, 0.6) is 0 Å². The van der Waals surface area contributed by atoms with Crippen molar-refractivity contribution in [3.05, 3.63) is 60.2 Å². The molecular formula is C19H14B2. The zero-order valence-corrected chi connectivity index (χ0v) is 12.1. The molecule has 96 valence electrons. The van der Waals surface area contributed by atoms with Crippen LogP contribution in [0.3, 0.4) is 0 Å². The quantitative estimate of drug-likeness (QED) is 0.492. The fourth-order valence-electron chi connectivity index (χ4n) is 2.77. The van der Waals surface area contributed by atoms with Gasteiger partial charge in [0.2, 0.25) is 0 Å². The van der Waals surface area contributed by atoms with Crippen molar-refractivity contribution in [1.82, 2.24) is 0 Å². The molecule has 3 aromatic rings. The lowest BCUT2D eigenvalue weighted by Crippen LogP contribution is -2.09. The number of fused-ring (bicyclic) bond motifs is 2. The molecule has 0 aliphatic carbocycles. The standard InChI is InChI=1S/C19H14B2/c1-3-5-13-6-7-14-8-15-10-16(20)9-12(4-2)17(15)11-18(14)19(13)21/h3-11H,2H2,1H3/b5-3-. The van der Waals surface area contributed by atoms with Gasteiger partial charge >= 0.3 is 0 Å². The Morgan fingerprint density at radius 2 is 1.71 bits per heavy atom. The third kappa shape index (κ3) is 2.31. The lowest BCUT2D eigenvalue weighted by molar-refractivity contribution is 1.73. The molecule has 21 heavy (non-hydrogen) atoms. The Morgan fingerprint density at radius 1 is 0.905 bits per heavy atom. The summed E-state index contributed by atoms with van der Waals surface area (Å²) < 4.78 is 0. The zero-order valence-electron chi connectivity index (χ0n) is 12.1. The van der Waals surface area contributed by atoms with Gasteiger partial charge in [0.15, 0.2) is 0 Å². The lowest BCUT2D eigenvalue weighted by Gasteiger charge is -2.11.